The van der Waals surface area contributed by atoms with Gasteiger partial charge in [0.1, 0.15) is 6.33 Å². The van der Waals surface area contributed by atoms with Crippen molar-refractivity contribution >= 4 is 22.5 Å². The van der Waals surface area contributed by atoms with E-state index in [1.807, 2.05) is 29.0 Å². The molecule has 2 heterocycles. The third kappa shape index (κ3) is 1.73. The van der Waals surface area contributed by atoms with Gasteiger partial charge >= 0.3 is 0 Å². The molecular formula is C12H11N5O. The highest BCUT2D eigenvalue weighted by Crippen LogP contribution is 2.23. The number of nitrogens with zero attached hydrogens (tertiary/aromatic N) is 3. The summed E-state index contributed by atoms with van der Waals surface area (Å²) in [7, 11) is 0. The maximum Gasteiger partial charge on any atom is 0.221 e. The average Bonchev–Trinajstić information content (AvgIpc) is 2.94. The number of anilines is 1. The Balaban J connectivity index is 2.13. The number of hydrogen-bond acceptors (Lipinski definition) is 3. The van der Waals surface area contributed by atoms with E-state index in [2.05, 4.69) is 20.5 Å². The van der Waals surface area contributed by atoms with Crippen molar-refractivity contribution < 1.29 is 4.79 Å². The number of fused-ring (bicyclic) bond motifs is 1. The molecule has 0 saturated heterocycles. The zero-order valence-electron chi connectivity index (χ0n) is 9.71. The molecule has 6 nitrogen and oxygen atoms in total. The van der Waals surface area contributed by atoms with Gasteiger partial charge in [0.15, 0.2) is 5.82 Å². The zero-order valence-corrected chi connectivity index (χ0v) is 9.71. The summed E-state index contributed by atoms with van der Waals surface area (Å²) in [5.74, 6) is 0.664. The van der Waals surface area contributed by atoms with Gasteiger partial charge < -0.3 is 5.32 Å². The van der Waals surface area contributed by atoms with Crippen molar-refractivity contribution in [3.8, 4) is 5.82 Å². The number of hydrogen-bond donors (Lipinski definition) is 2. The topological polar surface area (TPSA) is 75.6 Å². The Kier molecular flexibility index (Phi) is 2.33. The van der Waals surface area contributed by atoms with Crippen molar-refractivity contribution in [2.75, 3.05) is 5.32 Å². The number of carbonyl (C=O) groups excluding carboxylic acids is 1. The number of amides is 1. The molecule has 0 aliphatic heterocycles. The minimum Gasteiger partial charge on any atom is -0.326 e. The average molecular weight is 241 g/mol. The molecule has 90 valence electrons. The van der Waals surface area contributed by atoms with E-state index in [-0.39, 0.29) is 5.91 Å². The molecule has 1 amide bonds. The Bertz CT molecular complexity index is 698. The van der Waals surface area contributed by atoms with Gasteiger partial charge in [0.25, 0.3) is 0 Å². The molecule has 0 saturated carbocycles. The lowest BCUT2D eigenvalue weighted by molar-refractivity contribution is -0.114. The normalized spacial score (nSPS) is 10.7. The van der Waals surface area contributed by atoms with E-state index >= 15 is 0 Å². The van der Waals surface area contributed by atoms with Gasteiger partial charge in [-0.3, -0.25) is 14.5 Å². The largest absolute Gasteiger partial charge is 0.326 e. The predicted octanol–water partition coefficient (Wildman–Crippen LogP) is 1.71. The number of aromatic nitrogens is 4. The molecule has 3 rings (SSSR count). The van der Waals surface area contributed by atoms with E-state index in [4.69, 9.17) is 0 Å². The van der Waals surface area contributed by atoms with Crippen LogP contribution in [0.1, 0.15) is 6.92 Å². The number of H-pyrrole nitrogens is 1. The molecule has 0 aliphatic rings. The molecule has 0 atom stereocenters. The van der Waals surface area contributed by atoms with Crippen molar-refractivity contribution in [2.45, 2.75) is 6.92 Å². The predicted molar refractivity (Wildman–Crippen MR) is 67.5 cm³/mol. The van der Waals surface area contributed by atoms with Crippen molar-refractivity contribution in [3.63, 3.8) is 0 Å². The van der Waals surface area contributed by atoms with Gasteiger partial charge in [-0.1, -0.05) is 0 Å². The van der Waals surface area contributed by atoms with Gasteiger partial charge in [0.2, 0.25) is 5.91 Å². The Morgan fingerprint density at radius 2 is 2.33 bits per heavy atom. The Hall–Kier alpha value is -2.63. The quantitative estimate of drug-likeness (QED) is 0.717. The van der Waals surface area contributed by atoms with E-state index in [1.54, 1.807) is 12.5 Å². The van der Waals surface area contributed by atoms with Crippen molar-refractivity contribution in [3.05, 3.63) is 36.9 Å². The number of nitrogens with one attached hydrogen (secondary N) is 2. The van der Waals surface area contributed by atoms with Crippen LogP contribution in [0.4, 0.5) is 5.69 Å². The van der Waals surface area contributed by atoms with Crippen molar-refractivity contribution in [1.82, 2.24) is 19.7 Å². The molecule has 0 radical (unpaired) electrons. The Morgan fingerprint density at radius 1 is 1.44 bits per heavy atom. The van der Waals surface area contributed by atoms with E-state index in [9.17, 15) is 4.79 Å². The maximum absolute atomic E-state index is 11.1. The van der Waals surface area contributed by atoms with Crippen molar-refractivity contribution in [1.29, 1.82) is 0 Å². The third-order valence-corrected chi connectivity index (χ3v) is 2.61. The number of carbonyl (C=O) groups is 1. The molecule has 0 aliphatic carbocycles. The number of rotatable bonds is 2. The fourth-order valence-electron chi connectivity index (χ4n) is 1.86. The summed E-state index contributed by atoms with van der Waals surface area (Å²) in [6, 6.07) is 5.60. The minimum absolute atomic E-state index is 0.0953. The summed E-state index contributed by atoms with van der Waals surface area (Å²) >= 11 is 0. The number of benzene rings is 1. The fourth-order valence-corrected chi connectivity index (χ4v) is 1.86. The van der Waals surface area contributed by atoms with Gasteiger partial charge in [-0.15, -0.1) is 0 Å². The van der Waals surface area contributed by atoms with Crippen LogP contribution in [-0.4, -0.2) is 25.7 Å². The van der Waals surface area contributed by atoms with Crippen molar-refractivity contribution in [2.24, 2.45) is 0 Å². The monoisotopic (exact) mass is 241 g/mol. The lowest BCUT2D eigenvalue weighted by Gasteiger charge is -2.02. The highest BCUT2D eigenvalue weighted by molar-refractivity contribution is 5.94. The van der Waals surface area contributed by atoms with Gasteiger partial charge in [-0.25, -0.2) is 4.98 Å². The molecule has 0 bridgehead atoms. The molecule has 0 unspecified atom stereocenters. The second kappa shape index (κ2) is 3.99. The van der Waals surface area contributed by atoms with Gasteiger partial charge in [-0.05, 0) is 18.2 Å². The third-order valence-electron chi connectivity index (χ3n) is 2.61. The van der Waals surface area contributed by atoms with Crippen LogP contribution in [0.25, 0.3) is 16.7 Å². The maximum atomic E-state index is 11.1. The molecule has 0 spiro atoms. The van der Waals surface area contributed by atoms with Gasteiger partial charge in [-0.2, -0.15) is 5.10 Å². The lowest BCUT2D eigenvalue weighted by atomic mass is 10.2. The minimum atomic E-state index is -0.0953. The second-order valence-electron chi connectivity index (χ2n) is 3.96. The first kappa shape index (κ1) is 10.5. The van der Waals surface area contributed by atoms with Crippen LogP contribution in [-0.2, 0) is 4.79 Å². The van der Waals surface area contributed by atoms with Crippen LogP contribution >= 0.6 is 0 Å². The lowest BCUT2D eigenvalue weighted by Crippen LogP contribution is -2.05. The summed E-state index contributed by atoms with van der Waals surface area (Å²) in [4.78, 5) is 15.0. The molecule has 0 fully saturated rings. The summed E-state index contributed by atoms with van der Waals surface area (Å²) < 4.78 is 1.82. The number of imidazole rings is 1. The molecule has 1 aromatic carbocycles. The molecule has 2 N–H and O–H groups in total. The first-order valence-electron chi connectivity index (χ1n) is 5.48. The Labute approximate surface area is 103 Å². The molecule has 18 heavy (non-hydrogen) atoms. The first-order chi connectivity index (χ1) is 8.74. The van der Waals surface area contributed by atoms with Crippen LogP contribution in [0.2, 0.25) is 0 Å². The highest BCUT2D eigenvalue weighted by Gasteiger charge is 2.08. The van der Waals surface area contributed by atoms with Crippen LogP contribution < -0.4 is 5.32 Å². The summed E-state index contributed by atoms with van der Waals surface area (Å²) in [6.45, 7) is 1.48. The van der Waals surface area contributed by atoms with Crippen LogP contribution in [0, 0.1) is 0 Å². The Morgan fingerprint density at radius 3 is 3.06 bits per heavy atom. The molecular weight excluding hydrogens is 230 g/mol. The standard InChI is InChI=1S/C12H11N5O/c1-8(18)14-9-2-3-11-10(6-9)12(16-15-11)17-5-4-13-7-17/h2-7H,1H3,(H,14,18)(H,15,16). The highest BCUT2D eigenvalue weighted by atomic mass is 16.1. The van der Waals surface area contributed by atoms with Gasteiger partial charge in [0, 0.05) is 30.4 Å². The van der Waals surface area contributed by atoms with Crippen LogP contribution in [0.5, 0.6) is 0 Å². The summed E-state index contributed by atoms with van der Waals surface area (Å²) in [5.41, 5.74) is 1.66. The molecule has 2 aromatic heterocycles. The van der Waals surface area contributed by atoms with E-state index in [0.29, 0.717) is 0 Å². The SMILES string of the molecule is CC(=O)Nc1ccc2[nH]nc(-n3ccnc3)c2c1. The second-order valence-corrected chi connectivity index (χ2v) is 3.96. The fraction of sp³-hybridized carbons (Fsp3) is 0.0833. The molecule has 3 aromatic rings. The van der Waals surface area contributed by atoms with Crippen LogP contribution in [0.3, 0.4) is 0 Å². The van der Waals surface area contributed by atoms with Crippen LogP contribution in [0.15, 0.2) is 36.9 Å². The zero-order chi connectivity index (χ0) is 12.5. The first-order valence-corrected chi connectivity index (χ1v) is 5.48. The molecule has 6 heteroatoms. The van der Waals surface area contributed by atoms with E-state index in [1.165, 1.54) is 6.92 Å². The summed E-state index contributed by atoms with van der Waals surface area (Å²) in [5, 5.41) is 10.9. The van der Waals surface area contributed by atoms with E-state index in [0.717, 1.165) is 22.4 Å². The summed E-state index contributed by atoms with van der Waals surface area (Å²) in [6.07, 6.45) is 5.19. The smallest absolute Gasteiger partial charge is 0.221 e. The number of aromatic amines is 1. The van der Waals surface area contributed by atoms with E-state index < -0.39 is 0 Å². The van der Waals surface area contributed by atoms with Gasteiger partial charge in [0.05, 0.1) is 5.52 Å².